The second kappa shape index (κ2) is 5.49. The van der Waals surface area contributed by atoms with Gasteiger partial charge in [-0.2, -0.15) is 0 Å². The molecule has 1 amide bonds. The van der Waals surface area contributed by atoms with Gasteiger partial charge in [-0.05, 0) is 36.1 Å². The van der Waals surface area contributed by atoms with E-state index < -0.39 is 6.09 Å². The Hall–Kier alpha value is -2.10. The quantitative estimate of drug-likeness (QED) is 0.895. The first-order chi connectivity index (χ1) is 9.40. The third-order valence-corrected chi connectivity index (χ3v) is 3.06. The predicted octanol–water partition coefficient (Wildman–Crippen LogP) is 4.10. The highest BCUT2D eigenvalue weighted by Crippen LogP contribution is 2.26. The highest BCUT2D eigenvalue weighted by molar-refractivity contribution is 5.87. The molecule has 0 bridgehead atoms. The Labute approximate surface area is 119 Å². The third-order valence-electron chi connectivity index (χ3n) is 3.06. The van der Waals surface area contributed by atoms with E-state index >= 15 is 0 Å². The maximum atomic E-state index is 11.4. The van der Waals surface area contributed by atoms with Crippen molar-refractivity contribution in [1.82, 2.24) is 4.98 Å². The molecule has 0 aliphatic carbocycles. The molecule has 0 saturated heterocycles. The topological polar surface area (TPSA) is 51.2 Å². The van der Waals surface area contributed by atoms with Crippen molar-refractivity contribution in [2.24, 2.45) is 0 Å². The summed E-state index contributed by atoms with van der Waals surface area (Å²) in [6.45, 7) is 8.59. The number of fused-ring (bicyclic) bond motifs is 1. The van der Waals surface area contributed by atoms with E-state index in [1.165, 1.54) is 5.56 Å². The van der Waals surface area contributed by atoms with Gasteiger partial charge in [-0.15, -0.1) is 0 Å². The van der Waals surface area contributed by atoms with Crippen LogP contribution in [0.2, 0.25) is 0 Å². The number of benzene rings is 1. The molecule has 0 atom stereocenters. The average Bonchev–Trinajstić information content (AvgIpc) is 2.37. The molecular formula is C16H20N2O2. The second-order valence-corrected chi connectivity index (χ2v) is 5.70. The van der Waals surface area contributed by atoms with E-state index in [1.54, 1.807) is 13.0 Å². The highest BCUT2D eigenvalue weighted by atomic mass is 16.5. The van der Waals surface area contributed by atoms with Crippen molar-refractivity contribution in [1.29, 1.82) is 0 Å². The van der Waals surface area contributed by atoms with Crippen molar-refractivity contribution in [3.8, 4) is 0 Å². The number of aromatic nitrogens is 1. The molecule has 1 heterocycles. The Balaban J connectivity index is 2.34. The maximum absolute atomic E-state index is 11.4. The monoisotopic (exact) mass is 272 g/mol. The van der Waals surface area contributed by atoms with E-state index in [2.05, 4.69) is 49.3 Å². The van der Waals surface area contributed by atoms with Gasteiger partial charge in [-0.3, -0.25) is 5.32 Å². The predicted molar refractivity (Wildman–Crippen MR) is 81.1 cm³/mol. The highest BCUT2D eigenvalue weighted by Gasteiger charge is 2.14. The molecule has 0 spiro atoms. The summed E-state index contributed by atoms with van der Waals surface area (Å²) in [5, 5.41) is 3.67. The van der Waals surface area contributed by atoms with Crippen LogP contribution in [-0.4, -0.2) is 17.7 Å². The minimum absolute atomic E-state index is 0.0699. The van der Waals surface area contributed by atoms with Crippen molar-refractivity contribution >= 4 is 22.8 Å². The summed E-state index contributed by atoms with van der Waals surface area (Å²) >= 11 is 0. The van der Waals surface area contributed by atoms with Gasteiger partial charge in [0.25, 0.3) is 0 Å². The molecule has 1 N–H and O–H groups in total. The minimum Gasteiger partial charge on any atom is -0.450 e. The summed E-state index contributed by atoms with van der Waals surface area (Å²) in [6.07, 6.45) is -0.480. The molecule has 106 valence electrons. The van der Waals surface area contributed by atoms with Crippen LogP contribution < -0.4 is 5.32 Å². The molecule has 0 radical (unpaired) electrons. The lowest BCUT2D eigenvalue weighted by molar-refractivity contribution is 0.168. The number of pyridine rings is 1. The van der Waals surface area contributed by atoms with Gasteiger partial charge in [0.05, 0.1) is 12.1 Å². The summed E-state index contributed by atoms with van der Waals surface area (Å²) < 4.78 is 4.85. The molecular weight excluding hydrogens is 252 g/mol. The first-order valence-electron chi connectivity index (χ1n) is 6.75. The van der Waals surface area contributed by atoms with Crippen LogP contribution >= 0.6 is 0 Å². The number of rotatable bonds is 2. The Kier molecular flexibility index (Phi) is 3.93. The SMILES string of the molecule is CCOC(=O)Nc1ccc2ccc(C(C)(C)C)cc2n1. The summed E-state index contributed by atoms with van der Waals surface area (Å²) in [5.41, 5.74) is 2.15. The minimum atomic E-state index is -0.480. The number of nitrogens with zero attached hydrogens (tertiary/aromatic N) is 1. The zero-order chi connectivity index (χ0) is 14.8. The van der Waals surface area contributed by atoms with E-state index in [1.807, 2.05) is 6.07 Å². The van der Waals surface area contributed by atoms with Gasteiger partial charge in [0.1, 0.15) is 5.82 Å². The lowest BCUT2D eigenvalue weighted by atomic mass is 9.86. The maximum Gasteiger partial charge on any atom is 0.412 e. The zero-order valence-electron chi connectivity index (χ0n) is 12.4. The fraction of sp³-hybridized carbons (Fsp3) is 0.375. The number of anilines is 1. The summed E-state index contributed by atoms with van der Waals surface area (Å²) in [4.78, 5) is 15.9. The standard InChI is InChI=1S/C16H20N2O2/c1-5-20-15(19)18-14-9-7-11-6-8-12(16(2,3)4)10-13(11)17-14/h6-10H,5H2,1-4H3,(H,17,18,19). The van der Waals surface area contributed by atoms with Crippen LogP contribution in [0.25, 0.3) is 10.9 Å². The van der Waals surface area contributed by atoms with Crippen molar-refractivity contribution < 1.29 is 9.53 Å². The summed E-state index contributed by atoms with van der Waals surface area (Å²) in [6, 6.07) is 9.94. The molecule has 4 heteroatoms. The van der Waals surface area contributed by atoms with E-state index in [4.69, 9.17) is 4.74 Å². The van der Waals surface area contributed by atoms with Crippen molar-refractivity contribution in [3.63, 3.8) is 0 Å². The third kappa shape index (κ3) is 3.26. The van der Waals surface area contributed by atoms with Crippen molar-refractivity contribution in [2.75, 3.05) is 11.9 Å². The van der Waals surface area contributed by atoms with Gasteiger partial charge in [0.2, 0.25) is 0 Å². The lowest BCUT2D eigenvalue weighted by Crippen LogP contribution is -2.14. The number of carbonyl (C=O) groups excluding carboxylic acids is 1. The van der Waals surface area contributed by atoms with Crippen molar-refractivity contribution in [2.45, 2.75) is 33.1 Å². The fourth-order valence-corrected chi connectivity index (χ4v) is 1.93. The Morgan fingerprint density at radius 1 is 1.25 bits per heavy atom. The van der Waals surface area contributed by atoms with Crippen LogP contribution in [0.4, 0.5) is 10.6 Å². The largest absolute Gasteiger partial charge is 0.450 e. The Bertz CT molecular complexity index is 630. The molecule has 2 aromatic rings. The van der Waals surface area contributed by atoms with E-state index in [0.29, 0.717) is 12.4 Å². The molecule has 0 fully saturated rings. The zero-order valence-corrected chi connectivity index (χ0v) is 12.4. The number of carbonyl (C=O) groups is 1. The van der Waals surface area contributed by atoms with Crippen LogP contribution in [0.1, 0.15) is 33.3 Å². The van der Waals surface area contributed by atoms with E-state index in [-0.39, 0.29) is 5.41 Å². The molecule has 4 nitrogen and oxygen atoms in total. The van der Waals surface area contributed by atoms with Crippen LogP contribution in [0.5, 0.6) is 0 Å². The normalized spacial score (nSPS) is 11.4. The molecule has 1 aromatic heterocycles. The fourth-order valence-electron chi connectivity index (χ4n) is 1.93. The van der Waals surface area contributed by atoms with Gasteiger partial charge < -0.3 is 4.74 Å². The molecule has 0 aliphatic heterocycles. The van der Waals surface area contributed by atoms with Gasteiger partial charge in [-0.1, -0.05) is 32.9 Å². The summed E-state index contributed by atoms with van der Waals surface area (Å²) in [7, 11) is 0. The number of hydrogen-bond acceptors (Lipinski definition) is 3. The van der Waals surface area contributed by atoms with Crippen molar-refractivity contribution in [3.05, 3.63) is 35.9 Å². The average molecular weight is 272 g/mol. The van der Waals surface area contributed by atoms with Gasteiger partial charge in [0.15, 0.2) is 0 Å². The molecule has 0 saturated carbocycles. The van der Waals surface area contributed by atoms with Crippen LogP contribution in [0.3, 0.4) is 0 Å². The number of ether oxygens (including phenoxy) is 1. The first-order valence-corrected chi connectivity index (χ1v) is 6.75. The van der Waals surface area contributed by atoms with E-state index in [9.17, 15) is 4.79 Å². The summed E-state index contributed by atoms with van der Waals surface area (Å²) in [5.74, 6) is 0.502. The van der Waals surface area contributed by atoms with Crippen LogP contribution in [-0.2, 0) is 10.2 Å². The number of nitrogens with one attached hydrogen (secondary N) is 1. The first kappa shape index (κ1) is 14.3. The van der Waals surface area contributed by atoms with Gasteiger partial charge >= 0.3 is 6.09 Å². The Morgan fingerprint density at radius 2 is 1.95 bits per heavy atom. The Morgan fingerprint density at radius 3 is 2.60 bits per heavy atom. The number of amides is 1. The van der Waals surface area contributed by atoms with E-state index in [0.717, 1.165) is 10.9 Å². The molecule has 1 aromatic carbocycles. The van der Waals surface area contributed by atoms with Gasteiger partial charge in [0, 0.05) is 5.39 Å². The van der Waals surface area contributed by atoms with Crippen LogP contribution in [0.15, 0.2) is 30.3 Å². The molecule has 2 rings (SSSR count). The lowest BCUT2D eigenvalue weighted by Gasteiger charge is -2.19. The molecule has 0 unspecified atom stereocenters. The second-order valence-electron chi connectivity index (χ2n) is 5.70. The molecule has 0 aliphatic rings. The number of hydrogen-bond donors (Lipinski definition) is 1. The molecule has 20 heavy (non-hydrogen) atoms. The smallest absolute Gasteiger partial charge is 0.412 e. The van der Waals surface area contributed by atoms with Gasteiger partial charge in [-0.25, -0.2) is 9.78 Å². The van der Waals surface area contributed by atoms with Crippen LogP contribution in [0, 0.1) is 0 Å².